The quantitative estimate of drug-likeness (QED) is 0.734. The van der Waals surface area contributed by atoms with Crippen molar-refractivity contribution in [1.29, 1.82) is 0 Å². The number of hydrogen-bond donors (Lipinski definition) is 2. The van der Waals surface area contributed by atoms with Gasteiger partial charge in [-0.1, -0.05) is 12.1 Å². The molecule has 3 heteroatoms. The molecule has 0 aromatic heterocycles. The maximum atomic E-state index is 5.67. The van der Waals surface area contributed by atoms with Crippen LogP contribution in [0.5, 0.6) is 5.75 Å². The van der Waals surface area contributed by atoms with Crippen molar-refractivity contribution in [3.05, 3.63) is 29.3 Å². The summed E-state index contributed by atoms with van der Waals surface area (Å²) in [6.07, 6.45) is 1.38. The van der Waals surface area contributed by atoms with Crippen molar-refractivity contribution in [3.63, 3.8) is 0 Å². The van der Waals surface area contributed by atoms with Gasteiger partial charge in [0.05, 0.1) is 0 Å². The van der Waals surface area contributed by atoms with Crippen LogP contribution < -0.4 is 15.4 Å². The molecule has 1 heterocycles. The summed E-state index contributed by atoms with van der Waals surface area (Å²) in [7, 11) is 1.97. The number of fused-ring (bicyclic) bond motifs is 1. The molecular weight excluding hydrogens is 200 g/mol. The summed E-state index contributed by atoms with van der Waals surface area (Å²) in [5.74, 6) is 1.06. The standard InChI is InChI=1S/C13H20N2O/c1-10-7-12-8-11(3-4-13(12)16-10)9-15-6-5-14-2/h3-4,8,10,14-15H,5-7,9H2,1-2H3. The molecule has 1 aliphatic rings. The average molecular weight is 220 g/mol. The fraction of sp³-hybridized carbons (Fsp3) is 0.538. The molecule has 1 unspecified atom stereocenters. The van der Waals surface area contributed by atoms with Crippen LogP contribution in [0.15, 0.2) is 18.2 Å². The van der Waals surface area contributed by atoms with Gasteiger partial charge in [0, 0.05) is 26.1 Å². The SMILES string of the molecule is CNCCNCc1ccc2c(c1)CC(C)O2. The van der Waals surface area contributed by atoms with Crippen LogP contribution in [0.4, 0.5) is 0 Å². The van der Waals surface area contributed by atoms with Crippen LogP contribution in [-0.4, -0.2) is 26.2 Å². The Hall–Kier alpha value is -1.06. The maximum absolute atomic E-state index is 5.67. The summed E-state index contributed by atoms with van der Waals surface area (Å²) < 4.78 is 5.67. The molecule has 0 spiro atoms. The van der Waals surface area contributed by atoms with E-state index in [-0.39, 0.29) is 0 Å². The van der Waals surface area contributed by atoms with Gasteiger partial charge >= 0.3 is 0 Å². The predicted octanol–water partition coefficient (Wildman–Crippen LogP) is 1.32. The van der Waals surface area contributed by atoms with E-state index < -0.39 is 0 Å². The smallest absolute Gasteiger partial charge is 0.123 e. The molecule has 0 radical (unpaired) electrons. The lowest BCUT2D eigenvalue weighted by atomic mass is 10.1. The molecule has 0 aliphatic carbocycles. The van der Waals surface area contributed by atoms with Crippen LogP contribution in [0.1, 0.15) is 18.1 Å². The van der Waals surface area contributed by atoms with E-state index in [2.05, 4.69) is 35.8 Å². The molecule has 1 aromatic carbocycles. The van der Waals surface area contributed by atoms with Crippen molar-refractivity contribution in [2.45, 2.75) is 26.0 Å². The van der Waals surface area contributed by atoms with E-state index in [1.807, 2.05) is 7.05 Å². The minimum absolute atomic E-state index is 0.336. The highest BCUT2D eigenvalue weighted by atomic mass is 16.5. The van der Waals surface area contributed by atoms with Crippen molar-refractivity contribution >= 4 is 0 Å². The van der Waals surface area contributed by atoms with Gasteiger partial charge in [0.1, 0.15) is 11.9 Å². The number of ether oxygens (including phenoxy) is 1. The Morgan fingerprint density at radius 2 is 2.25 bits per heavy atom. The van der Waals surface area contributed by atoms with E-state index >= 15 is 0 Å². The monoisotopic (exact) mass is 220 g/mol. The van der Waals surface area contributed by atoms with Crippen molar-refractivity contribution < 1.29 is 4.74 Å². The molecule has 3 nitrogen and oxygen atoms in total. The minimum Gasteiger partial charge on any atom is -0.490 e. The molecular formula is C13H20N2O. The first-order chi connectivity index (χ1) is 7.79. The third-order valence-corrected chi connectivity index (χ3v) is 2.84. The summed E-state index contributed by atoms with van der Waals surface area (Å²) in [4.78, 5) is 0. The van der Waals surface area contributed by atoms with Crippen molar-refractivity contribution in [2.75, 3.05) is 20.1 Å². The van der Waals surface area contributed by atoms with Gasteiger partial charge in [-0.2, -0.15) is 0 Å². The molecule has 0 saturated carbocycles. The second kappa shape index (κ2) is 5.32. The Morgan fingerprint density at radius 3 is 3.06 bits per heavy atom. The lowest BCUT2D eigenvalue weighted by Crippen LogP contribution is -2.24. The zero-order chi connectivity index (χ0) is 11.4. The zero-order valence-corrected chi connectivity index (χ0v) is 10.0. The summed E-state index contributed by atoms with van der Waals surface area (Å²) in [5.41, 5.74) is 2.69. The van der Waals surface area contributed by atoms with Crippen LogP contribution in [0, 0.1) is 0 Å². The van der Waals surface area contributed by atoms with Crippen LogP contribution in [-0.2, 0) is 13.0 Å². The Labute approximate surface area is 97.2 Å². The van der Waals surface area contributed by atoms with E-state index in [4.69, 9.17) is 4.74 Å². The second-order valence-electron chi connectivity index (χ2n) is 4.35. The molecule has 1 aliphatic heterocycles. The number of hydrogen-bond acceptors (Lipinski definition) is 3. The van der Waals surface area contributed by atoms with E-state index in [1.54, 1.807) is 0 Å². The molecule has 16 heavy (non-hydrogen) atoms. The van der Waals surface area contributed by atoms with Gasteiger partial charge in [0.25, 0.3) is 0 Å². The van der Waals surface area contributed by atoms with Gasteiger partial charge in [-0.3, -0.25) is 0 Å². The molecule has 1 atom stereocenters. The van der Waals surface area contributed by atoms with Crippen LogP contribution in [0.3, 0.4) is 0 Å². The lowest BCUT2D eigenvalue weighted by molar-refractivity contribution is 0.254. The van der Waals surface area contributed by atoms with Gasteiger partial charge < -0.3 is 15.4 Å². The molecule has 0 fully saturated rings. The molecule has 0 saturated heterocycles. The maximum Gasteiger partial charge on any atom is 0.123 e. The Morgan fingerprint density at radius 1 is 1.38 bits per heavy atom. The highest BCUT2D eigenvalue weighted by Crippen LogP contribution is 2.29. The van der Waals surface area contributed by atoms with Crippen LogP contribution in [0.25, 0.3) is 0 Å². The van der Waals surface area contributed by atoms with E-state index in [0.717, 1.165) is 31.8 Å². The van der Waals surface area contributed by atoms with Crippen LogP contribution >= 0.6 is 0 Å². The first kappa shape index (κ1) is 11.4. The lowest BCUT2D eigenvalue weighted by Gasteiger charge is -2.06. The number of rotatable bonds is 5. The molecule has 2 N–H and O–H groups in total. The van der Waals surface area contributed by atoms with E-state index in [0.29, 0.717) is 6.10 Å². The first-order valence-electron chi connectivity index (χ1n) is 5.93. The van der Waals surface area contributed by atoms with E-state index in [9.17, 15) is 0 Å². The van der Waals surface area contributed by atoms with E-state index in [1.165, 1.54) is 11.1 Å². The number of likely N-dealkylation sites (N-methyl/N-ethyl adjacent to an activating group) is 1. The van der Waals surface area contributed by atoms with Crippen LogP contribution in [0.2, 0.25) is 0 Å². The van der Waals surface area contributed by atoms with Crippen molar-refractivity contribution in [1.82, 2.24) is 10.6 Å². The van der Waals surface area contributed by atoms with Gasteiger partial charge in [-0.05, 0) is 31.2 Å². The van der Waals surface area contributed by atoms with Gasteiger partial charge in [-0.25, -0.2) is 0 Å². The van der Waals surface area contributed by atoms with Crippen molar-refractivity contribution in [3.8, 4) is 5.75 Å². The fourth-order valence-corrected chi connectivity index (χ4v) is 2.03. The van der Waals surface area contributed by atoms with Gasteiger partial charge in [0.15, 0.2) is 0 Å². The van der Waals surface area contributed by atoms with Gasteiger partial charge in [0.2, 0.25) is 0 Å². The van der Waals surface area contributed by atoms with Crippen molar-refractivity contribution in [2.24, 2.45) is 0 Å². The molecule has 88 valence electrons. The molecule has 1 aromatic rings. The summed E-state index contributed by atoms with van der Waals surface area (Å²) in [6.45, 7) is 5.06. The fourth-order valence-electron chi connectivity index (χ4n) is 2.03. The highest BCUT2D eigenvalue weighted by Gasteiger charge is 2.18. The Balaban J connectivity index is 1.90. The second-order valence-corrected chi connectivity index (χ2v) is 4.35. The summed E-state index contributed by atoms with van der Waals surface area (Å²) in [6, 6.07) is 6.49. The predicted molar refractivity (Wildman–Crippen MR) is 65.9 cm³/mol. The Kier molecular flexibility index (Phi) is 3.80. The Bertz CT molecular complexity index is 352. The average Bonchev–Trinajstić information content (AvgIpc) is 2.64. The third-order valence-electron chi connectivity index (χ3n) is 2.84. The third kappa shape index (κ3) is 2.74. The summed E-state index contributed by atoms with van der Waals surface area (Å²) in [5, 5.41) is 6.52. The molecule has 0 amide bonds. The summed E-state index contributed by atoms with van der Waals surface area (Å²) >= 11 is 0. The number of nitrogens with one attached hydrogen (secondary N) is 2. The molecule has 0 bridgehead atoms. The largest absolute Gasteiger partial charge is 0.490 e. The number of benzene rings is 1. The highest BCUT2D eigenvalue weighted by molar-refractivity contribution is 5.40. The topological polar surface area (TPSA) is 33.3 Å². The zero-order valence-electron chi connectivity index (χ0n) is 10.0. The minimum atomic E-state index is 0.336. The normalized spacial score (nSPS) is 18.2. The first-order valence-corrected chi connectivity index (χ1v) is 5.93. The van der Waals surface area contributed by atoms with Gasteiger partial charge in [-0.15, -0.1) is 0 Å². The molecule has 2 rings (SSSR count).